The first-order valence-corrected chi connectivity index (χ1v) is 16.3. The van der Waals surface area contributed by atoms with Crippen LogP contribution in [0, 0.1) is 0 Å². The Balaban J connectivity index is 1.22. The maximum absolute atomic E-state index is 6.61. The molecule has 0 radical (unpaired) electrons. The monoisotopic (exact) mass is 615 g/mol. The van der Waals surface area contributed by atoms with E-state index in [0.29, 0.717) is 0 Å². The highest BCUT2D eigenvalue weighted by Gasteiger charge is 2.27. The molecule has 0 fully saturated rings. The number of furan rings is 1. The van der Waals surface area contributed by atoms with Crippen molar-refractivity contribution in [3.8, 4) is 22.3 Å². The molecule has 9 aromatic rings. The van der Waals surface area contributed by atoms with Crippen LogP contribution in [0.1, 0.15) is 17.2 Å². The molecule has 0 spiro atoms. The Hall–Kier alpha value is -6.39. The van der Waals surface area contributed by atoms with E-state index >= 15 is 0 Å². The Bertz CT molecular complexity index is 2680. The largest absolute Gasteiger partial charge is 0.455 e. The van der Waals surface area contributed by atoms with Crippen LogP contribution in [-0.2, 0) is 0 Å². The molecule has 0 amide bonds. The molecule has 0 saturated carbocycles. The van der Waals surface area contributed by atoms with Gasteiger partial charge in [-0.25, -0.2) is 4.99 Å². The molecule has 4 nitrogen and oxygen atoms in total. The average molecular weight is 616 g/mol. The van der Waals surface area contributed by atoms with Crippen LogP contribution in [-0.4, -0.2) is 10.5 Å². The van der Waals surface area contributed by atoms with Gasteiger partial charge in [0, 0.05) is 27.4 Å². The van der Waals surface area contributed by atoms with Gasteiger partial charge < -0.3 is 9.73 Å². The van der Waals surface area contributed by atoms with Gasteiger partial charge in [0.15, 0.2) is 0 Å². The van der Waals surface area contributed by atoms with E-state index in [1.54, 1.807) is 0 Å². The lowest BCUT2D eigenvalue weighted by Crippen LogP contribution is -2.27. The molecule has 1 N–H and O–H groups in total. The van der Waals surface area contributed by atoms with Gasteiger partial charge in [0.1, 0.15) is 17.2 Å². The third-order valence-electron chi connectivity index (χ3n) is 9.68. The number of anilines is 1. The van der Waals surface area contributed by atoms with Crippen molar-refractivity contribution in [3.63, 3.8) is 0 Å². The van der Waals surface area contributed by atoms with Crippen molar-refractivity contribution < 1.29 is 4.42 Å². The maximum atomic E-state index is 6.61. The van der Waals surface area contributed by atoms with Crippen molar-refractivity contribution in [2.75, 3.05) is 5.32 Å². The summed E-state index contributed by atoms with van der Waals surface area (Å²) in [5.41, 5.74) is 12.0. The van der Waals surface area contributed by atoms with Crippen LogP contribution in [0.15, 0.2) is 173 Å². The molecule has 48 heavy (non-hydrogen) atoms. The summed E-state index contributed by atoms with van der Waals surface area (Å²) in [7, 11) is 0. The third kappa shape index (κ3) is 4.13. The van der Waals surface area contributed by atoms with E-state index in [4.69, 9.17) is 9.41 Å². The second-order valence-electron chi connectivity index (χ2n) is 12.4. The van der Waals surface area contributed by atoms with Crippen molar-refractivity contribution in [2.45, 2.75) is 6.04 Å². The Kier molecular flexibility index (Phi) is 5.90. The molecule has 0 aliphatic carbocycles. The molecule has 0 saturated heterocycles. The van der Waals surface area contributed by atoms with Gasteiger partial charge >= 0.3 is 0 Å². The normalized spacial score (nSPS) is 14.3. The quantitative estimate of drug-likeness (QED) is 0.215. The van der Waals surface area contributed by atoms with Gasteiger partial charge in [-0.05, 0) is 58.1 Å². The standard InChI is InChI=1S/C44H29N3O/c1-3-11-28(12-4-1)30-19-21-31(22-20-30)42-35-16-7-9-17-37(35)45-44(46-42)47-38-26-25-34-33-15-8-10-18-40(33)48-43(34)41(38)36-24-23-32(27-39(36)47)29-13-5-2-6-14-29/h1-27,42H,(H,45,46). The first-order chi connectivity index (χ1) is 23.8. The van der Waals surface area contributed by atoms with Gasteiger partial charge in [-0.1, -0.05) is 133 Å². The van der Waals surface area contributed by atoms with Gasteiger partial charge in [-0.15, -0.1) is 0 Å². The summed E-state index contributed by atoms with van der Waals surface area (Å²) < 4.78 is 8.89. The van der Waals surface area contributed by atoms with Gasteiger partial charge in [0.05, 0.1) is 16.4 Å². The number of hydrogen-bond acceptors (Lipinski definition) is 3. The third-order valence-corrected chi connectivity index (χ3v) is 9.68. The van der Waals surface area contributed by atoms with E-state index in [1.165, 1.54) is 16.7 Å². The first kappa shape index (κ1) is 26.8. The summed E-state index contributed by atoms with van der Waals surface area (Å²) >= 11 is 0. The predicted octanol–water partition coefficient (Wildman–Crippen LogP) is 11.4. The van der Waals surface area contributed by atoms with E-state index in [1.807, 2.05) is 12.1 Å². The van der Waals surface area contributed by atoms with Gasteiger partial charge in [-0.3, -0.25) is 4.57 Å². The van der Waals surface area contributed by atoms with Crippen LogP contribution >= 0.6 is 0 Å². The molecule has 4 heteroatoms. The predicted molar refractivity (Wildman–Crippen MR) is 199 cm³/mol. The summed E-state index contributed by atoms with van der Waals surface area (Å²) in [4.78, 5) is 5.50. The molecular formula is C44H29N3O. The number of nitrogens with one attached hydrogen (secondary N) is 1. The lowest BCUT2D eigenvalue weighted by Gasteiger charge is -2.27. The molecule has 226 valence electrons. The van der Waals surface area contributed by atoms with E-state index in [2.05, 4.69) is 162 Å². The van der Waals surface area contributed by atoms with Crippen molar-refractivity contribution in [1.29, 1.82) is 0 Å². The van der Waals surface area contributed by atoms with E-state index in [9.17, 15) is 0 Å². The molecule has 1 aliphatic rings. The summed E-state index contributed by atoms with van der Waals surface area (Å²) in [6, 6.07) is 57.7. The fourth-order valence-electron chi connectivity index (χ4n) is 7.37. The van der Waals surface area contributed by atoms with Gasteiger partial charge in [-0.2, -0.15) is 0 Å². The van der Waals surface area contributed by atoms with Crippen LogP contribution in [0.2, 0.25) is 0 Å². The average Bonchev–Trinajstić information content (AvgIpc) is 3.70. The number of hydrogen-bond donors (Lipinski definition) is 1. The summed E-state index contributed by atoms with van der Waals surface area (Å²) in [6.07, 6.45) is 0. The second kappa shape index (κ2) is 10.6. The van der Waals surface area contributed by atoms with Gasteiger partial charge in [0.2, 0.25) is 5.96 Å². The second-order valence-corrected chi connectivity index (χ2v) is 12.4. The summed E-state index contributed by atoms with van der Waals surface area (Å²) in [6.45, 7) is 0. The number of nitrogens with zero attached hydrogens (tertiary/aromatic N) is 2. The van der Waals surface area contributed by atoms with E-state index in [-0.39, 0.29) is 6.04 Å². The lowest BCUT2D eigenvalue weighted by molar-refractivity contribution is 0.673. The Morgan fingerprint density at radius 3 is 1.98 bits per heavy atom. The minimum Gasteiger partial charge on any atom is -0.455 e. The highest BCUT2D eigenvalue weighted by molar-refractivity contribution is 6.26. The topological polar surface area (TPSA) is 42.5 Å². The number of para-hydroxylation sites is 2. The zero-order valence-electron chi connectivity index (χ0n) is 26.0. The van der Waals surface area contributed by atoms with E-state index < -0.39 is 0 Å². The molecular weight excluding hydrogens is 587 g/mol. The molecule has 1 aliphatic heterocycles. The van der Waals surface area contributed by atoms with Crippen molar-refractivity contribution >= 4 is 55.4 Å². The van der Waals surface area contributed by atoms with Gasteiger partial charge in [0.25, 0.3) is 0 Å². The number of rotatable bonds is 3. The molecule has 1 unspecified atom stereocenters. The molecule has 7 aromatic carbocycles. The van der Waals surface area contributed by atoms with Crippen LogP contribution in [0.5, 0.6) is 0 Å². The SMILES string of the molecule is c1ccc(-c2ccc(C3N=C(n4c5cc(-c6ccccc6)ccc5c5c6oc7ccccc7c6ccc54)Nc4ccccc43)cc2)cc1. The Labute approximate surface area is 277 Å². The fourth-order valence-corrected chi connectivity index (χ4v) is 7.37. The smallest absolute Gasteiger partial charge is 0.208 e. The van der Waals surface area contributed by atoms with Crippen molar-refractivity contribution in [2.24, 2.45) is 4.99 Å². The maximum Gasteiger partial charge on any atom is 0.208 e. The zero-order valence-corrected chi connectivity index (χ0v) is 26.0. The first-order valence-electron chi connectivity index (χ1n) is 16.3. The summed E-state index contributed by atoms with van der Waals surface area (Å²) in [5.74, 6) is 0.784. The van der Waals surface area contributed by atoms with Crippen molar-refractivity contribution in [3.05, 3.63) is 175 Å². The lowest BCUT2D eigenvalue weighted by atomic mass is 9.94. The fraction of sp³-hybridized carbons (Fsp3) is 0.0227. The minimum absolute atomic E-state index is 0.179. The number of aromatic nitrogens is 1. The zero-order chi connectivity index (χ0) is 31.6. The van der Waals surface area contributed by atoms with Crippen LogP contribution in [0.3, 0.4) is 0 Å². The number of benzene rings is 7. The molecule has 3 heterocycles. The van der Waals surface area contributed by atoms with Crippen LogP contribution < -0.4 is 5.32 Å². The number of fused-ring (bicyclic) bond motifs is 8. The summed E-state index contributed by atoms with van der Waals surface area (Å²) in [5, 5.41) is 8.19. The molecule has 0 bridgehead atoms. The van der Waals surface area contributed by atoms with Crippen LogP contribution in [0.4, 0.5) is 5.69 Å². The minimum atomic E-state index is -0.179. The van der Waals surface area contributed by atoms with Crippen LogP contribution in [0.25, 0.3) is 66.0 Å². The molecule has 2 aromatic heterocycles. The highest BCUT2D eigenvalue weighted by atomic mass is 16.3. The number of aliphatic imine (C=N–C) groups is 1. The molecule has 10 rings (SSSR count). The highest BCUT2D eigenvalue weighted by Crippen LogP contribution is 2.42. The van der Waals surface area contributed by atoms with E-state index in [0.717, 1.165) is 72.1 Å². The Morgan fingerprint density at radius 1 is 0.521 bits per heavy atom. The molecule has 1 atom stereocenters. The van der Waals surface area contributed by atoms with Crippen molar-refractivity contribution in [1.82, 2.24) is 4.57 Å². The Morgan fingerprint density at radius 2 is 1.17 bits per heavy atom.